The van der Waals surface area contributed by atoms with Gasteiger partial charge in [0.2, 0.25) is 0 Å². The van der Waals surface area contributed by atoms with E-state index in [9.17, 15) is 18.8 Å². The van der Waals surface area contributed by atoms with Crippen LogP contribution in [0.5, 0.6) is 0 Å². The first-order valence-corrected chi connectivity index (χ1v) is 4.19. The van der Waals surface area contributed by atoms with Crippen molar-refractivity contribution in [2.75, 3.05) is 0 Å². The fourth-order valence-corrected chi connectivity index (χ4v) is 1.14. The topological polar surface area (TPSA) is 54.5 Å². The lowest BCUT2D eigenvalue weighted by molar-refractivity contribution is -0.150. The molecule has 1 unspecified atom stereocenters. The number of hydrogen-bond acceptors (Lipinski definition) is 3. The minimum absolute atomic E-state index is 0.140. The zero-order valence-electron chi connectivity index (χ0n) is 7.51. The fraction of sp³-hybridized carbons (Fsp3) is 0.375. The van der Waals surface area contributed by atoms with Gasteiger partial charge in [0.05, 0.1) is 0 Å². The Labute approximate surface area is 84.3 Å². The monoisotopic (exact) mass is 219 g/mol. The van der Waals surface area contributed by atoms with Gasteiger partial charge in [-0.15, -0.1) is 0 Å². The summed E-state index contributed by atoms with van der Waals surface area (Å²) >= 11 is 4.85. The summed E-state index contributed by atoms with van der Waals surface area (Å²) in [6.07, 6.45) is 0. The third-order valence-corrected chi connectivity index (χ3v) is 2.20. The molecule has 76 valence electrons. The Balaban J connectivity index is 3.04. The Hall–Kier alpha value is -1.23. The molecule has 0 aromatic heterocycles. The second kappa shape index (κ2) is 3.49. The number of nitrogens with zero attached hydrogens (tertiary/aromatic N) is 1. The summed E-state index contributed by atoms with van der Waals surface area (Å²) in [5, 5.41) is 0. The predicted molar refractivity (Wildman–Crippen MR) is 46.0 cm³/mol. The average Bonchev–Trinajstić information content (AvgIpc) is 2.30. The molecule has 0 fully saturated rings. The number of carbonyl (C=O) groups is 3. The molecule has 0 saturated carbocycles. The van der Waals surface area contributed by atoms with Gasteiger partial charge in [0.1, 0.15) is 0 Å². The van der Waals surface area contributed by atoms with Gasteiger partial charge in [0, 0.05) is 11.1 Å². The molecule has 3 amide bonds. The summed E-state index contributed by atoms with van der Waals surface area (Å²) in [5.41, 5.74) is -2.09. The van der Waals surface area contributed by atoms with E-state index in [2.05, 4.69) is 0 Å². The number of amides is 3. The molecule has 0 saturated heterocycles. The highest BCUT2D eigenvalue weighted by Gasteiger charge is 2.40. The van der Waals surface area contributed by atoms with Gasteiger partial charge in [-0.25, -0.2) is 9.29 Å². The Bertz CT molecular complexity index is 338. The molecule has 1 aliphatic heterocycles. The van der Waals surface area contributed by atoms with E-state index < -0.39 is 23.4 Å². The number of rotatable bonds is 1. The summed E-state index contributed by atoms with van der Waals surface area (Å²) in [7, 11) is 0. The van der Waals surface area contributed by atoms with Gasteiger partial charge in [0.25, 0.3) is 23.4 Å². The molecular formula is C8H7ClFNO3. The molecule has 1 aliphatic rings. The van der Waals surface area contributed by atoms with Crippen molar-refractivity contribution < 1.29 is 18.8 Å². The second-order valence-corrected chi connectivity index (χ2v) is 3.22. The quantitative estimate of drug-likeness (QED) is 0.483. The Morgan fingerprint density at radius 2 is 1.64 bits per heavy atom. The maximum atomic E-state index is 12.4. The number of hydrogen-bond donors (Lipinski definition) is 0. The van der Waals surface area contributed by atoms with E-state index in [0.717, 1.165) is 0 Å². The second-order valence-electron chi connectivity index (χ2n) is 2.83. The normalized spacial score (nSPS) is 19.3. The summed E-state index contributed by atoms with van der Waals surface area (Å²) < 4.78 is 12.4. The lowest BCUT2D eigenvalue weighted by Gasteiger charge is -2.11. The first kappa shape index (κ1) is 10.8. The van der Waals surface area contributed by atoms with Crippen molar-refractivity contribution in [1.82, 2.24) is 4.90 Å². The standard InChI is InChI=1S/C8H7ClFNO3/c1-3-4(2)7(13)11(6(3)12)8(14)5(9)10/h5H,1-2H3. The molecule has 0 spiro atoms. The third kappa shape index (κ3) is 1.43. The van der Waals surface area contributed by atoms with Crippen molar-refractivity contribution >= 4 is 29.3 Å². The van der Waals surface area contributed by atoms with E-state index in [1.54, 1.807) is 0 Å². The maximum Gasteiger partial charge on any atom is 0.286 e. The van der Waals surface area contributed by atoms with Crippen LogP contribution in [0.15, 0.2) is 11.1 Å². The third-order valence-electron chi connectivity index (χ3n) is 2.02. The van der Waals surface area contributed by atoms with Gasteiger partial charge in [-0.2, -0.15) is 0 Å². The van der Waals surface area contributed by atoms with Crippen LogP contribution in [0.2, 0.25) is 0 Å². The van der Waals surface area contributed by atoms with Gasteiger partial charge in [0.15, 0.2) is 0 Å². The SMILES string of the molecule is CC1=C(C)C(=O)N(C(=O)C(F)Cl)C1=O. The first-order valence-electron chi connectivity index (χ1n) is 3.76. The number of carbonyl (C=O) groups excluding carboxylic acids is 3. The molecule has 0 aromatic rings. The molecule has 6 heteroatoms. The summed E-state index contributed by atoms with van der Waals surface area (Å²) in [6.45, 7) is 2.79. The zero-order chi connectivity index (χ0) is 11.0. The van der Waals surface area contributed by atoms with Crippen molar-refractivity contribution in [3.05, 3.63) is 11.1 Å². The largest absolute Gasteiger partial charge is 0.286 e. The highest BCUT2D eigenvalue weighted by Crippen LogP contribution is 2.21. The van der Waals surface area contributed by atoms with Crippen LogP contribution in [0.4, 0.5) is 4.39 Å². The molecular weight excluding hydrogens is 213 g/mol. The van der Waals surface area contributed by atoms with Crippen LogP contribution >= 0.6 is 11.6 Å². The molecule has 1 heterocycles. The molecule has 4 nitrogen and oxygen atoms in total. The van der Waals surface area contributed by atoms with Crippen LogP contribution in [0.1, 0.15) is 13.8 Å². The van der Waals surface area contributed by atoms with Crippen molar-refractivity contribution in [3.63, 3.8) is 0 Å². The molecule has 0 aliphatic carbocycles. The number of halogens is 2. The molecule has 0 aromatic carbocycles. The molecule has 1 atom stereocenters. The molecule has 14 heavy (non-hydrogen) atoms. The number of imide groups is 3. The van der Waals surface area contributed by atoms with Crippen LogP contribution in [0.3, 0.4) is 0 Å². The van der Waals surface area contributed by atoms with Crippen LogP contribution in [0, 0.1) is 0 Å². The van der Waals surface area contributed by atoms with Gasteiger partial charge >= 0.3 is 0 Å². The van der Waals surface area contributed by atoms with Gasteiger partial charge in [-0.1, -0.05) is 11.6 Å². The van der Waals surface area contributed by atoms with Crippen molar-refractivity contribution in [2.45, 2.75) is 19.5 Å². The number of alkyl halides is 2. The van der Waals surface area contributed by atoms with E-state index >= 15 is 0 Å². The Morgan fingerprint density at radius 1 is 1.29 bits per heavy atom. The first-order chi connectivity index (χ1) is 6.37. The highest BCUT2D eigenvalue weighted by atomic mass is 35.5. The van der Waals surface area contributed by atoms with Crippen LogP contribution < -0.4 is 0 Å². The summed E-state index contributed by atoms with van der Waals surface area (Å²) in [6, 6.07) is 0. The van der Waals surface area contributed by atoms with E-state index in [1.807, 2.05) is 0 Å². The van der Waals surface area contributed by atoms with Crippen LogP contribution in [-0.4, -0.2) is 28.3 Å². The Morgan fingerprint density at radius 3 is 1.93 bits per heavy atom. The van der Waals surface area contributed by atoms with Gasteiger partial charge in [-0.3, -0.25) is 14.4 Å². The molecule has 0 N–H and O–H groups in total. The predicted octanol–water partition coefficient (Wildman–Crippen LogP) is 0.753. The van der Waals surface area contributed by atoms with E-state index in [0.29, 0.717) is 0 Å². The highest BCUT2D eigenvalue weighted by molar-refractivity contribution is 6.36. The van der Waals surface area contributed by atoms with E-state index in [-0.39, 0.29) is 16.0 Å². The summed E-state index contributed by atoms with van der Waals surface area (Å²) in [5.74, 6) is -2.94. The zero-order valence-corrected chi connectivity index (χ0v) is 8.26. The lowest BCUT2D eigenvalue weighted by Crippen LogP contribution is -2.40. The van der Waals surface area contributed by atoms with Crippen LogP contribution in [0.25, 0.3) is 0 Å². The van der Waals surface area contributed by atoms with Crippen molar-refractivity contribution in [3.8, 4) is 0 Å². The fourth-order valence-electron chi connectivity index (χ4n) is 1.05. The molecule has 0 radical (unpaired) electrons. The average molecular weight is 220 g/mol. The minimum Gasteiger partial charge on any atom is -0.269 e. The smallest absolute Gasteiger partial charge is 0.269 e. The minimum atomic E-state index is -2.37. The molecule has 1 rings (SSSR count). The van der Waals surface area contributed by atoms with E-state index in [4.69, 9.17) is 11.6 Å². The van der Waals surface area contributed by atoms with Gasteiger partial charge < -0.3 is 0 Å². The van der Waals surface area contributed by atoms with Crippen LogP contribution in [-0.2, 0) is 14.4 Å². The molecule has 0 bridgehead atoms. The van der Waals surface area contributed by atoms with Crippen molar-refractivity contribution in [2.24, 2.45) is 0 Å². The van der Waals surface area contributed by atoms with E-state index in [1.165, 1.54) is 13.8 Å². The Kier molecular flexibility index (Phi) is 2.71. The lowest BCUT2D eigenvalue weighted by atomic mass is 10.2. The maximum absolute atomic E-state index is 12.4. The van der Waals surface area contributed by atoms with Gasteiger partial charge in [-0.05, 0) is 13.8 Å². The van der Waals surface area contributed by atoms with Crippen molar-refractivity contribution in [1.29, 1.82) is 0 Å². The summed E-state index contributed by atoms with van der Waals surface area (Å²) in [4.78, 5) is 33.8.